The Morgan fingerprint density at radius 1 is 1.10 bits per heavy atom. The summed E-state index contributed by atoms with van der Waals surface area (Å²) in [6.45, 7) is 6.05. The quantitative estimate of drug-likeness (QED) is 0.549. The lowest BCUT2D eigenvalue weighted by Gasteiger charge is -2.23. The van der Waals surface area contributed by atoms with Crippen LogP contribution in [-0.2, 0) is 14.9 Å². The molecule has 0 saturated heterocycles. The van der Waals surface area contributed by atoms with Crippen molar-refractivity contribution in [1.29, 1.82) is 0 Å². The van der Waals surface area contributed by atoms with Crippen LogP contribution in [0, 0.1) is 0 Å². The van der Waals surface area contributed by atoms with Crippen molar-refractivity contribution in [1.82, 2.24) is 0 Å². The number of esters is 1. The summed E-state index contributed by atoms with van der Waals surface area (Å²) in [5.41, 5.74) is 5.24. The molecule has 0 unspecified atom stereocenters. The lowest BCUT2D eigenvalue weighted by Crippen LogP contribution is -2.23. The smallest absolute Gasteiger partial charge is 0.337 e. The lowest BCUT2D eigenvalue weighted by atomic mass is 9.83. The highest BCUT2D eigenvalue weighted by Crippen LogP contribution is 2.47. The van der Waals surface area contributed by atoms with E-state index in [-0.39, 0.29) is 17.3 Å². The number of rotatable bonds is 3. The van der Waals surface area contributed by atoms with E-state index in [0.717, 1.165) is 22.6 Å². The van der Waals surface area contributed by atoms with Gasteiger partial charge in [0, 0.05) is 23.8 Å². The second kappa shape index (κ2) is 7.54. The number of anilines is 2. The van der Waals surface area contributed by atoms with E-state index in [1.54, 1.807) is 6.07 Å². The van der Waals surface area contributed by atoms with Gasteiger partial charge in [-0.15, -0.1) is 0 Å². The Labute approximate surface area is 182 Å². The maximum absolute atomic E-state index is 13.0. The Morgan fingerprint density at radius 3 is 2.48 bits per heavy atom. The van der Waals surface area contributed by atoms with Crippen LogP contribution < -0.4 is 9.91 Å². The summed E-state index contributed by atoms with van der Waals surface area (Å²) in [5.74, 6) is -0.505. The molecule has 31 heavy (non-hydrogen) atoms. The maximum atomic E-state index is 13.0. The van der Waals surface area contributed by atoms with Crippen LogP contribution in [0.25, 0.3) is 0 Å². The van der Waals surface area contributed by atoms with Gasteiger partial charge in [0.1, 0.15) is 0 Å². The molecule has 1 amide bonds. The first-order chi connectivity index (χ1) is 14.8. The second-order valence-corrected chi connectivity index (χ2v) is 8.18. The number of hydrazone groups is 1. The van der Waals surface area contributed by atoms with Crippen LogP contribution >= 0.6 is 0 Å². The Bertz CT molecular complexity index is 1160. The van der Waals surface area contributed by atoms with E-state index >= 15 is 0 Å². The van der Waals surface area contributed by atoms with Gasteiger partial charge in [0.05, 0.1) is 29.6 Å². The second-order valence-electron chi connectivity index (χ2n) is 8.18. The van der Waals surface area contributed by atoms with E-state index in [1.807, 2.05) is 68.6 Å². The molecule has 0 atom stereocenters. The number of hydrogen-bond donors (Lipinski definition) is 0. The van der Waals surface area contributed by atoms with Gasteiger partial charge in [-0.2, -0.15) is 10.1 Å². The van der Waals surface area contributed by atoms with Crippen molar-refractivity contribution in [2.24, 2.45) is 5.10 Å². The first-order valence-electron chi connectivity index (χ1n) is 10.1. The summed E-state index contributed by atoms with van der Waals surface area (Å²) in [5, 5.41) is 5.87. The average molecular weight is 415 g/mol. The van der Waals surface area contributed by atoms with Crippen molar-refractivity contribution >= 4 is 29.0 Å². The number of fused-ring (bicyclic) bond motifs is 1. The van der Waals surface area contributed by atoms with E-state index in [1.165, 1.54) is 12.1 Å². The van der Waals surface area contributed by atoms with Crippen molar-refractivity contribution in [3.05, 3.63) is 83.1 Å². The number of nitrogens with zero attached hydrogens (tertiary/aromatic N) is 3. The molecule has 6 nitrogen and oxygen atoms in total. The Hall–Kier alpha value is -3.67. The molecular formula is C25H25N3O3. The molecule has 158 valence electrons. The highest BCUT2D eigenvalue weighted by Gasteiger charge is 2.39. The molecule has 2 aromatic rings. The number of ether oxygens (including phenoxy) is 1. The lowest BCUT2D eigenvalue weighted by molar-refractivity contribution is -0.114. The molecule has 0 aromatic heterocycles. The third kappa shape index (κ3) is 3.34. The van der Waals surface area contributed by atoms with Crippen LogP contribution in [-0.4, -0.2) is 31.7 Å². The van der Waals surface area contributed by atoms with Gasteiger partial charge < -0.3 is 9.64 Å². The summed E-state index contributed by atoms with van der Waals surface area (Å²) in [4.78, 5) is 27.1. The van der Waals surface area contributed by atoms with Crippen LogP contribution in [0.3, 0.4) is 0 Å². The molecule has 0 bridgehead atoms. The number of methoxy groups -OCH3 is 1. The Balaban J connectivity index is 1.69. The van der Waals surface area contributed by atoms with Gasteiger partial charge in [-0.05, 0) is 55.0 Å². The fourth-order valence-electron chi connectivity index (χ4n) is 4.20. The van der Waals surface area contributed by atoms with Gasteiger partial charge in [0.25, 0.3) is 5.91 Å². The summed E-state index contributed by atoms with van der Waals surface area (Å²) in [6, 6.07) is 15.0. The van der Waals surface area contributed by atoms with E-state index < -0.39 is 0 Å². The van der Waals surface area contributed by atoms with Gasteiger partial charge in [0.15, 0.2) is 0 Å². The van der Waals surface area contributed by atoms with E-state index in [0.29, 0.717) is 16.8 Å². The molecular weight excluding hydrogens is 390 g/mol. The van der Waals surface area contributed by atoms with E-state index in [2.05, 4.69) is 23.8 Å². The fraction of sp³-hybridized carbons (Fsp3) is 0.240. The topological polar surface area (TPSA) is 62.2 Å². The third-order valence-electron chi connectivity index (χ3n) is 5.93. The molecule has 4 rings (SSSR count). The van der Waals surface area contributed by atoms with Crippen LogP contribution in [0.2, 0.25) is 0 Å². The molecule has 0 spiro atoms. The summed E-state index contributed by atoms with van der Waals surface area (Å²) in [6.07, 6.45) is 3.81. The fourth-order valence-corrected chi connectivity index (χ4v) is 4.20. The number of hydrogen-bond acceptors (Lipinski definition) is 5. The zero-order chi connectivity index (χ0) is 22.3. The molecule has 2 aliphatic rings. The molecule has 0 aliphatic carbocycles. The predicted octanol–water partition coefficient (Wildman–Crippen LogP) is 4.43. The van der Waals surface area contributed by atoms with Crippen molar-refractivity contribution in [2.75, 3.05) is 24.1 Å². The van der Waals surface area contributed by atoms with E-state index in [4.69, 9.17) is 4.74 Å². The first-order valence-corrected chi connectivity index (χ1v) is 10.1. The SMILES string of the molecule is COC(=O)c1ccc2c(c1)C(C)(C)/C(=C/C=C1/C(=O)N(c3ccccc3)N=C1C)N2C. The standard InChI is InChI=1S/C25H25N3O3/c1-16-19(23(29)28(26-16)18-9-7-6-8-10-18)12-14-22-25(2,3)20-15-17(24(30)31-5)11-13-21(20)27(22)4/h6-15H,1-5H3/b19-12+,22-14-. The van der Waals surface area contributed by atoms with Gasteiger partial charge in [-0.25, -0.2) is 4.79 Å². The van der Waals surface area contributed by atoms with E-state index in [9.17, 15) is 9.59 Å². The molecule has 0 N–H and O–H groups in total. The van der Waals surface area contributed by atoms with Crippen LogP contribution in [0.1, 0.15) is 36.7 Å². The number of allylic oxidation sites excluding steroid dienone is 3. The normalized spacial score (nSPS) is 19.8. The highest BCUT2D eigenvalue weighted by molar-refractivity contribution is 6.29. The van der Waals surface area contributed by atoms with Crippen LogP contribution in [0.5, 0.6) is 0 Å². The van der Waals surface area contributed by atoms with Gasteiger partial charge in [-0.3, -0.25) is 4.79 Å². The maximum Gasteiger partial charge on any atom is 0.337 e. The average Bonchev–Trinajstić information content (AvgIpc) is 3.16. The third-order valence-corrected chi connectivity index (χ3v) is 5.93. The number of carbonyl (C=O) groups is 2. The van der Waals surface area contributed by atoms with Gasteiger partial charge in [-0.1, -0.05) is 32.0 Å². The summed E-state index contributed by atoms with van der Waals surface area (Å²) in [7, 11) is 3.37. The zero-order valence-corrected chi connectivity index (χ0v) is 18.3. The highest BCUT2D eigenvalue weighted by atomic mass is 16.5. The first kappa shape index (κ1) is 20.6. The van der Waals surface area contributed by atoms with Crippen molar-refractivity contribution in [3.63, 3.8) is 0 Å². The Morgan fingerprint density at radius 2 is 1.81 bits per heavy atom. The minimum atomic E-state index is -0.356. The molecule has 0 radical (unpaired) electrons. The number of benzene rings is 2. The predicted molar refractivity (Wildman–Crippen MR) is 122 cm³/mol. The molecule has 2 aromatic carbocycles. The zero-order valence-electron chi connectivity index (χ0n) is 18.3. The van der Waals surface area contributed by atoms with Crippen molar-refractivity contribution in [2.45, 2.75) is 26.2 Å². The van der Waals surface area contributed by atoms with Gasteiger partial charge >= 0.3 is 5.97 Å². The minimum absolute atomic E-state index is 0.149. The molecule has 2 heterocycles. The Kier molecular flexibility index (Phi) is 5.01. The number of carbonyl (C=O) groups excluding carboxylic acids is 2. The summed E-state index contributed by atoms with van der Waals surface area (Å²) < 4.78 is 4.87. The van der Waals surface area contributed by atoms with Crippen molar-refractivity contribution < 1.29 is 14.3 Å². The number of para-hydroxylation sites is 1. The minimum Gasteiger partial charge on any atom is -0.465 e. The van der Waals surface area contributed by atoms with Gasteiger partial charge in [0.2, 0.25) is 0 Å². The van der Waals surface area contributed by atoms with Crippen LogP contribution in [0.4, 0.5) is 11.4 Å². The molecule has 2 aliphatic heterocycles. The molecule has 0 saturated carbocycles. The largest absolute Gasteiger partial charge is 0.465 e. The van der Waals surface area contributed by atoms with Crippen LogP contribution in [0.15, 0.2) is 77.1 Å². The number of likely N-dealkylation sites (N-methyl/N-ethyl adjacent to an activating group) is 1. The van der Waals surface area contributed by atoms with Crippen molar-refractivity contribution in [3.8, 4) is 0 Å². The summed E-state index contributed by atoms with van der Waals surface area (Å²) >= 11 is 0. The molecule has 0 fully saturated rings. The number of amides is 1. The monoisotopic (exact) mass is 415 g/mol. The molecule has 6 heteroatoms.